The average molecular weight is 142 g/mol. The van der Waals surface area contributed by atoms with Crippen LogP contribution >= 0.6 is 0 Å². The van der Waals surface area contributed by atoms with Crippen LogP contribution in [0.25, 0.3) is 0 Å². The maximum atomic E-state index is 8.83. The standard InChI is InChI=1S/C4H10O2Si.Na.H/c5-7-4-2-1-3-6-7;;/h5,7H,1-4H2;;/q;+1;-1. The smallest absolute Gasteiger partial charge is 1.00 e. The maximum Gasteiger partial charge on any atom is 1.00 e. The molecular formula is C4H11NaO2Si. The van der Waals surface area contributed by atoms with E-state index in [1.54, 1.807) is 0 Å². The van der Waals surface area contributed by atoms with Crippen LogP contribution in [-0.4, -0.2) is 20.7 Å². The third-order valence-corrected chi connectivity index (χ3v) is 2.68. The molecule has 1 saturated heterocycles. The van der Waals surface area contributed by atoms with E-state index in [0.29, 0.717) is 0 Å². The first-order valence-corrected chi connectivity index (χ1v) is 4.50. The molecule has 2 nitrogen and oxygen atoms in total. The van der Waals surface area contributed by atoms with Gasteiger partial charge in [-0.05, 0) is 18.9 Å². The van der Waals surface area contributed by atoms with Crippen molar-refractivity contribution in [2.45, 2.75) is 18.9 Å². The molecule has 0 radical (unpaired) electrons. The molecule has 44 valence electrons. The number of rotatable bonds is 0. The zero-order chi connectivity index (χ0) is 5.11. The van der Waals surface area contributed by atoms with Gasteiger partial charge in [-0.1, -0.05) is 0 Å². The predicted molar refractivity (Wildman–Crippen MR) is 30.5 cm³/mol. The van der Waals surface area contributed by atoms with Crippen molar-refractivity contribution in [3.63, 3.8) is 0 Å². The van der Waals surface area contributed by atoms with Crippen LogP contribution in [-0.2, 0) is 4.43 Å². The van der Waals surface area contributed by atoms with E-state index in [9.17, 15) is 0 Å². The van der Waals surface area contributed by atoms with Crippen LogP contribution in [0, 0.1) is 0 Å². The predicted octanol–water partition coefficient (Wildman–Crippen LogP) is -2.87. The fourth-order valence-electron chi connectivity index (χ4n) is 0.724. The molecule has 1 atom stereocenters. The summed E-state index contributed by atoms with van der Waals surface area (Å²) < 4.78 is 4.97. The van der Waals surface area contributed by atoms with E-state index in [2.05, 4.69) is 0 Å². The van der Waals surface area contributed by atoms with Crippen molar-refractivity contribution in [1.82, 2.24) is 0 Å². The van der Waals surface area contributed by atoms with Crippen molar-refractivity contribution in [1.29, 1.82) is 0 Å². The van der Waals surface area contributed by atoms with E-state index in [1.165, 1.54) is 6.42 Å². The summed E-state index contributed by atoms with van der Waals surface area (Å²) in [5, 5.41) is 0. The van der Waals surface area contributed by atoms with Gasteiger partial charge in [-0.2, -0.15) is 0 Å². The van der Waals surface area contributed by atoms with Gasteiger partial charge in [-0.3, -0.25) is 0 Å². The van der Waals surface area contributed by atoms with Gasteiger partial charge >= 0.3 is 38.8 Å². The van der Waals surface area contributed by atoms with E-state index >= 15 is 0 Å². The van der Waals surface area contributed by atoms with Crippen molar-refractivity contribution in [2.75, 3.05) is 6.61 Å². The second kappa shape index (κ2) is 4.96. The Kier molecular flexibility index (Phi) is 5.67. The second-order valence-electron chi connectivity index (χ2n) is 1.82. The van der Waals surface area contributed by atoms with Gasteiger partial charge in [0.25, 0.3) is 0 Å². The Morgan fingerprint density at radius 2 is 2.25 bits per heavy atom. The van der Waals surface area contributed by atoms with Crippen molar-refractivity contribution in [3.8, 4) is 0 Å². The van der Waals surface area contributed by atoms with E-state index in [-0.39, 0.29) is 31.0 Å². The topological polar surface area (TPSA) is 29.5 Å². The molecule has 0 amide bonds. The molecule has 0 aromatic carbocycles. The Morgan fingerprint density at radius 3 is 2.50 bits per heavy atom. The average Bonchev–Trinajstić information content (AvgIpc) is 1.69. The van der Waals surface area contributed by atoms with Crippen molar-refractivity contribution >= 4 is 9.28 Å². The van der Waals surface area contributed by atoms with Crippen molar-refractivity contribution in [3.05, 3.63) is 0 Å². The van der Waals surface area contributed by atoms with E-state index in [0.717, 1.165) is 19.1 Å². The molecule has 4 heteroatoms. The van der Waals surface area contributed by atoms with Gasteiger partial charge < -0.3 is 10.6 Å². The van der Waals surface area contributed by atoms with Crippen LogP contribution in [0.15, 0.2) is 0 Å². The minimum atomic E-state index is -1.59. The molecule has 0 aliphatic carbocycles. The Hall–Kier alpha value is 1.14. The summed E-state index contributed by atoms with van der Waals surface area (Å²) in [4.78, 5) is 8.83. The molecule has 1 rings (SSSR count). The van der Waals surface area contributed by atoms with Crippen LogP contribution in [0.5, 0.6) is 0 Å². The van der Waals surface area contributed by atoms with Crippen molar-refractivity contribution in [2.24, 2.45) is 0 Å². The molecule has 1 unspecified atom stereocenters. The molecule has 1 N–H and O–H groups in total. The van der Waals surface area contributed by atoms with Crippen LogP contribution in [0.1, 0.15) is 14.3 Å². The molecular weight excluding hydrogens is 131 g/mol. The van der Waals surface area contributed by atoms with Gasteiger partial charge in [-0.15, -0.1) is 0 Å². The van der Waals surface area contributed by atoms with Gasteiger partial charge in [0, 0.05) is 6.61 Å². The molecule has 0 aromatic heterocycles. The summed E-state index contributed by atoms with van der Waals surface area (Å²) >= 11 is 0. The number of hydrogen-bond acceptors (Lipinski definition) is 2. The molecule has 0 aromatic rings. The number of hydrogen-bond donors (Lipinski definition) is 1. The maximum absolute atomic E-state index is 8.83. The van der Waals surface area contributed by atoms with Gasteiger partial charge in [0.1, 0.15) is 0 Å². The summed E-state index contributed by atoms with van der Waals surface area (Å²) in [5.41, 5.74) is 0. The van der Waals surface area contributed by atoms with E-state index in [1.807, 2.05) is 0 Å². The normalized spacial score (nSPS) is 28.9. The van der Waals surface area contributed by atoms with Crippen molar-refractivity contribution < 1.29 is 40.2 Å². The fourth-order valence-corrected chi connectivity index (χ4v) is 1.97. The molecule has 1 fully saturated rings. The van der Waals surface area contributed by atoms with Gasteiger partial charge in [0.05, 0.1) is 0 Å². The SMILES string of the molecule is O[SiH]1CCCCO1.[H-].[Na+]. The Bertz CT molecular complexity index is 60.5. The van der Waals surface area contributed by atoms with Crippen LogP contribution in [0.2, 0.25) is 6.04 Å². The van der Waals surface area contributed by atoms with Crippen LogP contribution < -0.4 is 29.6 Å². The molecule has 0 spiro atoms. The monoisotopic (exact) mass is 142 g/mol. The first-order valence-electron chi connectivity index (χ1n) is 2.69. The molecule has 1 heterocycles. The summed E-state index contributed by atoms with van der Waals surface area (Å²) in [6.07, 6.45) is 2.32. The van der Waals surface area contributed by atoms with Gasteiger partial charge in [0.15, 0.2) is 0 Å². The Morgan fingerprint density at radius 1 is 1.50 bits per heavy atom. The van der Waals surface area contributed by atoms with Crippen LogP contribution in [0.3, 0.4) is 0 Å². The third kappa shape index (κ3) is 3.22. The zero-order valence-corrected chi connectivity index (χ0v) is 8.42. The quantitative estimate of drug-likeness (QED) is 0.368. The summed E-state index contributed by atoms with van der Waals surface area (Å²) in [7, 11) is -1.59. The summed E-state index contributed by atoms with van der Waals surface area (Å²) in [5.74, 6) is 0. The minimum absolute atomic E-state index is 0. The van der Waals surface area contributed by atoms with Gasteiger partial charge in [0.2, 0.25) is 0 Å². The second-order valence-corrected chi connectivity index (χ2v) is 3.64. The Labute approximate surface area is 74.9 Å². The molecule has 1 aliphatic rings. The first kappa shape index (κ1) is 9.14. The third-order valence-electron chi connectivity index (χ3n) is 1.16. The van der Waals surface area contributed by atoms with E-state index < -0.39 is 9.28 Å². The summed E-state index contributed by atoms with van der Waals surface area (Å²) in [6.45, 7) is 0.799. The molecule has 1 aliphatic heterocycles. The molecule has 8 heavy (non-hydrogen) atoms. The molecule has 0 saturated carbocycles. The minimum Gasteiger partial charge on any atom is -1.00 e. The van der Waals surface area contributed by atoms with Gasteiger partial charge in [-0.25, -0.2) is 0 Å². The van der Waals surface area contributed by atoms with E-state index in [4.69, 9.17) is 9.22 Å². The largest absolute Gasteiger partial charge is 1.00 e. The first-order chi connectivity index (χ1) is 3.39. The molecule has 0 bridgehead atoms. The van der Waals surface area contributed by atoms with Crippen LogP contribution in [0.4, 0.5) is 0 Å². The summed E-state index contributed by atoms with van der Waals surface area (Å²) in [6, 6.07) is 0.958. The Balaban J connectivity index is 0. The fraction of sp³-hybridized carbons (Fsp3) is 1.00. The zero-order valence-electron chi connectivity index (χ0n) is 6.26.